The Kier molecular flexibility index (Phi) is 3.17. The van der Waals surface area contributed by atoms with E-state index < -0.39 is 0 Å². The van der Waals surface area contributed by atoms with Crippen LogP contribution in [0.1, 0.15) is 49.5 Å². The minimum Gasteiger partial charge on any atom is -0.358 e. The van der Waals surface area contributed by atoms with Gasteiger partial charge in [-0.25, -0.2) is 0 Å². The van der Waals surface area contributed by atoms with Gasteiger partial charge in [-0.3, -0.25) is 0 Å². The Morgan fingerprint density at radius 2 is 2.07 bits per heavy atom. The minimum atomic E-state index is -0.344. The fourth-order valence-electron chi connectivity index (χ4n) is 2.11. The molecule has 2 rings (SSSR count). The normalized spacial score (nSPS) is 23.8. The lowest BCUT2D eigenvalue weighted by Crippen LogP contribution is -1.99. The van der Waals surface area contributed by atoms with Crippen LogP contribution in [0.25, 0.3) is 0 Å². The number of benzene rings is 1. The summed E-state index contributed by atoms with van der Waals surface area (Å²) in [7, 11) is 0. The van der Waals surface area contributed by atoms with Crippen LogP contribution in [0.2, 0.25) is 0 Å². The van der Waals surface area contributed by atoms with Gasteiger partial charge in [-0.05, 0) is 17.5 Å². The predicted octanol–water partition coefficient (Wildman–Crippen LogP) is 3.19. The molecule has 2 nitrogen and oxygen atoms in total. The van der Waals surface area contributed by atoms with Gasteiger partial charge in [0.25, 0.3) is 0 Å². The van der Waals surface area contributed by atoms with E-state index in [0.29, 0.717) is 0 Å². The SMILES string of the molecule is CCCCC1OC(C=O)c2ccccc21. The predicted molar refractivity (Wildman–Crippen MR) is 58.6 cm³/mol. The van der Waals surface area contributed by atoms with Gasteiger partial charge in [0, 0.05) is 0 Å². The molecule has 80 valence electrons. The Labute approximate surface area is 90.3 Å². The molecule has 0 aliphatic carbocycles. The highest BCUT2D eigenvalue weighted by atomic mass is 16.5. The van der Waals surface area contributed by atoms with Crippen LogP contribution in [0.15, 0.2) is 24.3 Å². The van der Waals surface area contributed by atoms with E-state index >= 15 is 0 Å². The molecule has 0 saturated heterocycles. The van der Waals surface area contributed by atoms with Gasteiger partial charge in [0.15, 0.2) is 6.29 Å². The number of hydrogen-bond donors (Lipinski definition) is 0. The monoisotopic (exact) mass is 204 g/mol. The van der Waals surface area contributed by atoms with Gasteiger partial charge >= 0.3 is 0 Å². The first-order valence-electron chi connectivity index (χ1n) is 5.56. The van der Waals surface area contributed by atoms with Crippen LogP contribution in [-0.2, 0) is 9.53 Å². The maximum absolute atomic E-state index is 10.9. The lowest BCUT2D eigenvalue weighted by molar-refractivity contribution is -0.120. The van der Waals surface area contributed by atoms with Crippen molar-refractivity contribution in [1.29, 1.82) is 0 Å². The maximum Gasteiger partial charge on any atom is 0.153 e. The topological polar surface area (TPSA) is 26.3 Å². The number of hydrogen-bond acceptors (Lipinski definition) is 2. The van der Waals surface area contributed by atoms with Crippen molar-refractivity contribution < 1.29 is 9.53 Å². The Morgan fingerprint density at radius 1 is 1.33 bits per heavy atom. The van der Waals surface area contributed by atoms with Crippen LogP contribution in [0.4, 0.5) is 0 Å². The molecule has 0 radical (unpaired) electrons. The number of rotatable bonds is 4. The maximum atomic E-state index is 10.9. The Hall–Kier alpha value is -1.15. The second kappa shape index (κ2) is 4.58. The lowest BCUT2D eigenvalue weighted by Gasteiger charge is -2.10. The van der Waals surface area contributed by atoms with E-state index in [1.54, 1.807) is 0 Å². The zero-order chi connectivity index (χ0) is 10.7. The third kappa shape index (κ3) is 1.95. The Balaban J connectivity index is 2.21. The molecule has 1 aromatic rings. The number of carbonyl (C=O) groups is 1. The van der Waals surface area contributed by atoms with E-state index in [4.69, 9.17) is 4.74 Å². The summed E-state index contributed by atoms with van der Waals surface area (Å²) in [6.07, 6.45) is 3.99. The van der Waals surface area contributed by atoms with Crippen molar-refractivity contribution in [2.75, 3.05) is 0 Å². The molecule has 0 bridgehead atoms. The second-order valence-electron chi connectivity index (χ2n) is 3.95. The summed E-state index contributed by atoms with van der Waals surface area (Å²) in [4.78, 5) is 10.9. The molecule has 0 spiro atoms. The summed E-state index contributed by atoms with van der Waals surface area (Å²) in [6.45, 7) is 2.16. The van der Waals surface area contributed by atoms with E-state index in [1.165, 1.54) is 5.56 Å². The fraction of sp³-hybridized carbons (Fsp3) is 0.462. The van der Waals surface area contributed by atoms with Crippen molar-refractivity contribution >= 4 is 6.29 Å². The smallest absolute Gasteiger partial charge is 0.153 e. The van der Waals surface area contributed by atoms with Crippen LogP contribution in [0.3, 0.4) is 0 Å². The zero-order valence-electron chi connectivity index (χ0n) is 8.98. The molecule has 0 saturated carbocycles. The molecule has 0 fully saturated rings. The average molecular weight is 204 g/mol. The Morgan fingerprint density at radius 3 is 2.73 bits per heavy atom. The van der Waals surface area contributed by atoms with Gasteiger partial charge in [-0.1, -0.05) is 44.0 Å². The summed E-state index contributed by atoms with van der Waals surface area (Å²) < 4.78 is 5.72. The molecule has 0 amide bonds. The van der Waals surface area contributed by atoms with Crippen molar-refractivity contribution in [1.82, 2.24) is 0 Å². The van der Waals surface area contributed by atoms with Crippen LogP contribution >= 0.6 is 0 Å². The number of aldehydes is 1. The first-order chi connectivity index (χ1) is 7.36. The highest BCUT2D eigenvalue weighted by Gasteiger charge is 2.30. The molecule has 1 aromatic carbocycles. The van der Waals surface area contributed by atoms with Crippen LogP contribution < -0.4 is 0 Å². The van der Waals surface area contributed by atoms with Gasteiger partial charge in [0.05, 0.1) is 6.10 Å². The first kappa shape index (κ1) is 10.4. The van der Waals surface area contributed by atoms with Crippen LogP contribution in [-0.4, -0.2) is 6.29 Å². The largest absolute Gasteiger partial charge is 0.358 e. The van der Waals surface area contributed by atoms with E-state index in [2.05, 4.69) is 13.0 Å². The fourth-order valence-corrected chi connectivity index (χ4v) is 2.11. The second-order valence-corrected chi connectivity index (χ2v) is 3.95. The third-order valence-corrected chi connectivity index (χ3v) is 2.90. The van der Waals surface area contributed by atoms with Gasteiger partial charge in [-0.2, -0.15) is 0 Å². The minimum absolute atomic E-state index is 0.122. The average Bonchev–Trinajstić information content (AvgIpc) is 2.65. The van der Waals surface area contributed by atoms with Crippen LogP contribution in [0.5, 0.6) is 0 Å². The highest BCUT2D eigenvalue weighted by molar-refractivity contribution is 5.63. The molecule has 1 heterocycles. The first-order valence-corrected chi connectivity index (χ1v) is 5.56. The standard InChI is InChI=1S/C13H16O2/c1-2-3-8-12-10-6-4-5-7-11(10)13(9-14)15-12/h4-7,9,12-13H,2-3,8H2,1H3. The number of ether oxygens (including phenoxy) is 1. The van der Waals surface area contributed by atoms with E-state index in [0.717, 1.165) is 31.1 Å². The summed E-state index contributed by atoms with van der Waals surface area (Å²) in [6, 6.07) is 8.02. The number of fused-ring (bicyclic) bond motifs is 1. The van der Waals surface area contributed by atoms with Crippen molar-refractivity contribution in [3.8, 4) is 0 Å². The van der Waals surface area contributed by atoms with Gasteiger partial charge in [0.2, 0.25) is 0 Å². The number of unbranched alkanes of at least 4 members (excludes halogenated alkanes) is 1. The van der Waals surface area contributed by atoms with Gasteiger partial charge in [0.1, 0.15) is 6.10 Å². The molecule has 2 heteroatoms. The molecule has 2 unspecified atom stereocenters. The highest BCUT2D eigenvalue weighted by Crippen LogP contribution is 2.40. The van der Waals surface area contributed by atoms with E-state index in [9.17, 15) is 4.79 Å². The summed E-state index contributed by atoms with van der Waals surface area (Å²) >= 11 is 0. The van der Waals surface area contributed by atoms with Crippen molar-refractivity contribution in [3.63, 3.8) is 0 Å². The molecule has 1 aliphatic rings. The van der Waals surface area contributed by atoms with Crippen molar-refractivity contribution in [2.24, 2.45) is 0 Å². The molecule has 15 heavy (non-hydrogen) atoms. The quantitative estimate of drug-likeness (QED) is 0.704. The third-order valence-electron chi connectivity index (χ3n) is 2.90. The van der Waals surface area contributed by atoms with Gasteiger partial charge < -0.3 is 9.53 Å². The molecule has 1 aliphatic heterocycles. The Bertz CT molecular complexity index is 346. The molecular weight excluding hydrogens is 188 g/mol. The summed E-state index contributed by atoms with van der Waals surface area (Å²) in [5.74, 6) is 0. The molecule has 0 aromatic heterocycles. The molecule has 0 N–H and O–H groups in total. The summed E-state index contributed by atoms with van der Waals surface area (Å²) in [5, 5.41) is 0. The molecular formula is C13H16O2. The van der Waals surface area contributed by atoms with Crippen molar-refractivity contribution in [3.05, 3.63) is 35.4 Å². The van der Waals surface area contributed by atoms with Gasteiger partial charge in [-0.15, -0.1) is 0 Å². The van der Waals surface area contributed by atoms with Crippen LogP contribution in [0, 0.1) is 0 Å². The molecule has 2 atom stereocenters. The summed E-state index contributed by atoms with van der Waals surface area (Å²) in [5.41, 5.74) is 2.25. The zero-order valence-corrected chi connectivity index (χ0v) is 8.98. The van der Waals surface area contributed by atoms with E-state index in [-0.39, 0.29) is 12.2 Å². The van der Waals surface area contributed by atoms with Crippen molar-refractivity contribution in [2.45, 2.75) is 38.4 Å². The number of carbonyl (C=O) groups excluding carboxylic acids is 1. The van der Waals surface area contributed by atoms with E-state index in [1.807, 2.05) is 18.2 Å². The lowest BCUT2D eigenvalue weighted by atomic mass is 9.99.